The van der Waals surface area contributed by atoms with Crippen molar-refractivity contribution in [2.45, 2.75) is 19.5 Å². The number of nitrogens with zero attached hydrogens (tertiary/aromatic N) is 3. The van der Waals surface area contributed by atoms with Gasteiger partial charge in [-0.2, -0.15) is 18.4 Å². The van der Waals surface area contributed by atoms with Gasteiger partial charge in [-0.3, -0.25) is 4.79 Å². The van der Waals surface area contributed by atoms with E-state index < -0.39 is 11.7 Å². The van der Waals surface area contributed by atoms with Crippen molar-refractivity contribution >= 4 is 22.9 Å². The minimum atomic E-state index is -4.59. The highest BCUT2D eigenvalue weighted by Crippen LogP contribution is 2.45. The Kier molecular flexibility index (Phi) is 5.94. The van der Waals surface area contributed by atoms with Gasteiger partial charge in [-0.15, -0.1) is 11.3 Å². The van der Waals surface area contributed by atoms with Gasteiger partial charge in [0.2, 0.25) is 0 Å². The Labute approximate surface area is 189 Å². The van der Waals surface area contributed by atoms with Crippen molar-refractivity contribution in [2.24, 2.45) is 11.3 Å². The second kappa shape index (κ2) is 8.41. The van der Waals surface area contributed by atoms with E-state index >= 15 is 0 Å². The number of methoxy groups -OCH3 is 1. The lowest BCUT2D eigenvalue weighted by Gasteiger charge is -2.44. The molecule has 0 saturated carbocycles. The van der Waals surface area contributed by atoms with E-state index in [0.29, 0.717) is 49.8 Å². The van der Waals surface area contributed by atoms with Gasteiger partial charge in [-0.1, -0.05) is 0 Å². The average molecular weight is 464 g/mol. The van der Waals surface area contributed by atoms with Gasteiger partial charge in [0.15, 0.2) is 0 Å². The second-order valence-electron chi connectivity index (χ2n) is 8.62. The Bertz CT molecular complexity index is 1060. The minimum Gasteiger partial charge on any atom is -0.384 e. The number of fused-ring (bicyclic) bond motifs is 1. The van der Waals surface area contributed by atoms with Crippen LogP contribution in [0.5, 0.6) is 0 Å². The number of halogens is 3. The molecule has 4 rings (SSSR count). The predicted molar refractivity (Wildman–Crippen MR) is 116 cm³/mol. The van der Waals surface area contributed by atoms with Crippen LogP contribution in [0, 0.1) is 29.6 Å². The van der Waals surface area contributed by atoms with Crippen molar-refractivity contribution in [3.63, 3.8) is 0 Å². The number of thiophene rings is 1. The lowest BCUT2D eigenvalue weighted by Crippen LogP contribution is -2.49. The monoisotopic (exact) mass is 463 g/mol. The summed E-state index contributed by atoms with van der Waals surface area (Å²) in [5.41, 5.74) is -1.06. The zero-order valence-corrected chi connectivity index (χ0v) is 18.7. The van der Waals surface area contributed by atoms with Crippen molar-refractivity contribution in [2.75, 3.05) is 44.8 Å². The van der Waals surface area contributed by atoms with E-state index in [1.807, 2.05) is 28.9 Å². The Morgan fingerprint density at radius 1 is 1.31 bits per heavy atom. The van der Waals surface area contributed by atoms with Crippen LogP contribution in [0.3, 0.4) is 0 Å². The summed E-state index contributed by atoms with van der Waals surface area (Å²) in [4.78, 5) is 18.6. The third-order valence-electron chi connectivity index (χ3n) is 6.60. The number of amides is 1. The molecule has 5 nitrogen and oxygen atoms in total. The highest BCUT2D eigenvalue weighted by molar-refractivity contribution is 7.13. The molecule has 0 radical (unpaired) electrons. The normalized spacial score (nSPS) is 23.2. The first-order valence-corrected chi connectivity index (χ1v) is 11.2. The molecular weight excluding hydrogens is 439 g/mol. The van der Waals surface area contributed by atoms with Gasteiger partial charge >= 0.3 is 6.18 Å². The first kappa shape index (κ1) is 22.6. The molecule has 1 aromatic heterocycles. The van der Waals surface area contributed by atoms with E-state index in [9.17, 15) is 18.0 Å². The van der Waals surface area contributed by atoms with E-state index in [-0.39, 0.29) is 22.8 Å². The standard InChI is InChI=1S/C23H24F3N3O2S/c1-15-3-6-20(32-15)21(30)29-12-17-11-28(8-7-22(17,13-29)14-31-2)18-5-4-16(10-27)19(9-18)23(24,25)26/h3-6,9,17H,7-8,11-14H2,1-2H3/t17-,22+/m1/s1. The summed E-state index contributed by atoms with van der Waals surface area (Å²) < 4.78 is 45.8. The maximum Gasteiger partial charge on any atom is 0.417 e. The van der Waals surface area contributed by atoms with E-state index in [0.717, 1.165) is 10.9 Å². The maximum absolute atomic E-state index is 13.4. The third-order valence-corrected chi connectivity index (χ3v) is 7.59. The zero-order chi connectivity index (χ0) is 23.1. The molecule has 3 heterocycles. The van der Waals surface area contributed by atoms with Gasteiger partial charge < -0.3 is 14.5 Å². The Morgan fingerprint density at radius 3 is 2.72 bits per heavy atom. The van der Waals surface area contributed by atoms with Crippen LogP contribution in [0.2, 0.25) is 0 Å². The molecule has 1 aromatic carbocycles. The predicted octanol–water partition coefficient (Wildman–Crippen LogP) is 4.56. The molecule has 2 fully saturated rings. The van der Waals surface area contributed by atoms with Gasteiger partial charge in [-0.05, 0) is 43.7 Å². The summed E-state index contributed by atoms with van der Waals surface area (Å²) >= 11 is 1.47. The highest BCUT2D eigenvalue weighted by atomic mass is 32.1. The second-order valence-corrected chi connectivity index (χ2v) is 9.91. The average Bonchev–Trinajstić information content (AvgIpc) is 3.35. The summed E-state index contributed by atoms with van der Waals surface area (Å²) in [5, 5.41) is 9.06. The number of benzene rings is 1. The van der Waals surface area contributed by atoms with Crippen LogP contribution in [0.4, 0.5) is 18.9 Å². The van der Waals surface area contributed by atoms with Crippen molar-refractivity contribution in [3.8, 4) is 6.07 Å². The molecule has 0 N–H and O–H groups in total. The molecule has 9 heteroatoms. The Hall–Kier alpha value is -2.57. The van der Waals surface area contributed by atoms with Crippen LogP contribution in [0.15, 0.2) is 30.3 Å². The van der Waals surface area contributed by atoms with E-state index in [1.165, 1.54) is 17.4 Å². The minimum absolute atomic E-state index is 0.00254. The number of rotatable bonds is 4. The first-order chi connectivity index (χ1) is 15.2. The van der Waals surface area contributed by atoms with Gasteiger partial charge in [-0.25, -0.2) is 0 Å². The van der Waals surface area contributed by atoms with Gasteiger partial charge in [0.1, 0.15) is 0 Å². The summed E-state index contributed by atoms with van der Waals surface area (Å²) in [5.74, 6) is 0.0726. The van der Waals surface area contributed by atoms with Crippen molar-refractivity contribution in [1.82, 2.24) is 4.90 Å². The molecule has 0 bridgehead atoms. The number of nitriles is 1. The van der Waals surface area contributed by atoms with Crippen LogP contribution in [-0.2, 0) is 10.9 Å². The lowest BCUT2D eigenvalue weighted by molar-refractivity contribution is -0.137. The third kappa shape index (κ3) is 4.09. The van der Waals surface area contributed by atoms with Crippen LogP contribution in [0.25, 0.3) is 0 Å². The Morgan fingerprint density at radius 2 is 2.09 bits per heavy atom. The molecule has 0 unspecified atom stereocenters. The van der Waals surface area contributed by atoms with Crippen molar-refractivity contribution in [3.05, 3.63) is 51.2 Å². The van der Waals surface area contributed by atoms with Gasteiger partial charge in [0.25, 0.3) is 5.91 Å². The molecule has 170 valence electrons. The highest BCUT2D eigenvalue weighted by Gasteiger charge is 2.51. The van der Waals surface area contributed by atoms with Crippen LogP contribution < -0.4 is 4.90 Å². The van der Waals surface area contributed by atoms with Crippen LogP contribution in [0.1, 0.15) is 32.1 Å². The molecule has 2 saturated heterocycles. The summed E-state index contributed by atoms with van der Waals surface area (Å²) in [6.07, 6.45) is -3.88. The molecular formula is C23H24F3N3O2S. The molecule has 2 aromatic rings. The number of hydrogen-bond donors (Lipinski definition) is 0. The van der Waals surface area contributed by atoms with E-state index in [2.05, 4.69) is 0 Å². The lowest BCUT2D eigenvalue weighted by atomic mass is 9.73. The number of alkyl halides is 3. The molecule has 32 heavy (non-hydrogen) atoms. The fraction of sp³-hybridized carbons (Fsp3) is 0.478. The topological polar surface area (TPSA) is 56.6 Å². The summed E-state index contributed by atoms with van der Waals surface area (Å²) in [6, 6.07) is 9.27. The number of likely N-dealkylation sites (tertiary alicyclic amines) is 1. The number of aryl methyl sites for hydroxylation is 1. The van der Waals surface area contributed by atoms with Gasteiger partial charge in [0.05, 0.1) is 28.7 Å². The fourth-order valence-corrected chi connectivity index (χ4v) is 5.80. The Balaban J connectivity index is 1.58. The largest absolute Gasteiger partial charge is 0.417 e. The van der Waals surface area contributed by atoms with E-state index in [1.54, 1.807) is 19.2 Å². The van der Waals surface area contributed by atoms with Crippen molar-refractivity contribution < 1.29 is 22.7 Å². The fourth-order valence-electron chi connectivity index (χ4n) is 4.96. The smallest absolute Gasteiger partial charge is 0.384 e. The molecule has 0 spiro atoms. The van der Waals surface area contributed by atoms with Gasteiger partial charge in [0, 0.05) is 55.2 Å². The number of hydrogen-bond acceptors (Lipinski definition) is 5. The van der Waals surface area contributed by atoms with E-state index in [4.69, 9.17) is 10.00 Å². The number of anilines is 1. The molecule has 2 aliphatic rings. The van der Waals surface area contributed by atoms with Crippen LogP contribution >= 0.6 is 11.3 Å². The number of ether oxygens (including phenoxy) is 1. The molecule has 2 atom stereocenters. The first-order valence-electron chi connectivity index (χ1n) is 10.4. The summed E-state index contributed by atoms with van der Waals surface area (Å²) in [6.45, 7) is 4.67. The molecule has 2 aliphatic heterocycles. The quantitative estimate of drug-likeness (QED) is 0.667. The molecule has 1 amide bonds. The zero-order valence-electron chi connectivity index (χ0n) is 17.9. The maximum atomic E-state index is 13.4. The van der Waals surface area contributed by atoms with Crippen molar-refractivity contribution in [1.29, 1.82) is 5.26 Å². The molecule has 0 aliphatic carbocycles. The number of piperidine rings is 1. The number of carbonyl (C=O) groups is 1. The summed E-state index contributed by atoms with van der Waals surface area (Å²) in [7, 11) is 1.64. The number of carbonyl (C=O) groups excluding carboxylic acids is 1. The SMILES string of the molecule is COC[C@@]12CCN(c3ccc(C#N)c(C(F)(F)F)c3)C[C@@H]1CN(C(=O)c1ccc(C)s1)C2. The van der Waals surface area contributed by atoms with Crippen LogP contribution in [-0.4, -0.2) is 50.7 Å².